The maximum atomic E-state index is 11.7. The predicted molar refractivity (Wildman–Crippen MR) is 73.5 cm³/mol. The number of hydrogen-bond acceptors (Lipinski definition) is 4. The normalized spacial score (nSPS) is 17.2. The second-order valence-corrected chi connectivity index (χ2v) is 4.40. The van der Waals surface area contributed by atoms with Crippen molar-refractivity contribution in [1.82, 2.24) is 0 Å². The zero-order chi connectivity index (χ0) is 13.2. The van der Waals surface area contributed by atoms with Crippen molar-refractivity contribution in [3.63, 3.8) is 0 Å². The Morgan fingerprint density at radius 3 is 3.05 bits per heavy atom. The molecule has 1 unspecified atom stereocenters. The smallest absolute Gasteiger partial charge is 0.349 e. The Hall–Kier alpha value is -2.23. The number of hydrogen-bond donors (Lipinski definition) is 1. The summed E-state index contributed by atoms with van der Waals surface area (Å²) in [5.41, 5.74) is 0.943. The van der Waals surface area contributed by atoms with Crippen LogP contribution in [0.15, 0.2) is 36.4 Å². The fraction of sp³-hybridized carbons (Fsp3) is 0.267. The molecule has 1 aliphatic heterocycles. The molecule has 0 amide bonds. The lowest BCUT2D eigenvalue weighted by Gasteiger charge is -2.26. The van der Waals surface area contributed by atoms with Gasteiger partial charge in [-0.3, -0.25) is 0 Å². The summed E-state index contributed by atoms with van der Waals surface area (Å²) in [5.74, 6) is 0.372. The monoisotopic (exact) mass is 257 g/mol. The summed E-state index contributed by atoms with van der Waals surface area (Å²) < 4.78 is 10.7. The summed E-state index contributed by atoms with van der Waals surface area (Å²) in [7, 11) is 0. The molecule has 0 spiro atoms. The van der Waals surface area contributed by atoms with Gasteiger partial charge in [0, 0.05) is 5.39 Å². The van der Waals surface area contributed by atoms with Crippen LogP contribution in [0.2, 0.25) is 0 Å². The third-order valence-electron chi connectivity index (χ3n) is 3.17. The number of rotatable bonds is 2. The second kappa shape index (κ2) is 4.80. The SMILES string of the molecule is CCOC(=O)C1CNc2c(ccc3ccccc23)O1. The van der Waals surface area contributed by atoms with E-state index in [9.17, 15) is 4.79 Å². The van der Waals surface area contributed by atoms with E-state index in [0.29, 0.717) is 18.9 Å². The van der Waals surface area contributed by atoms with Gasteiger partial charge in [-0.1, -0.05) is 30.3 Å². The van der Waals surface area contributed by atoms with E-state index in [4.69, 9.17) is 9.47 Å². The van der Waals surface area contributed by atoms with Gasteiger partial charge in [0.2, 0.25) is 6.10 Å². The average molecular weight is 257 g/mol. The maximum absolute atomic E-state index is 11.7. The van der Waals surface area contributed by atoms with E-state index in [0.717, 1.165) is 16.5 Å². The standard InChI is InChI=1S/C15H15NO3/c1-2-18-15(17)13-9-16-14-11-6-4-3-5-10(11)7-8-12(14)19-13/h3-8,13,16H,2,9H2,1H3. The highest BCUT2D eigenvalue weighted by Gasteiger charge is 2.27. The lowest BCUT2D eigenvalue weighted by atomic mass is 10.1. The minimum absolute atomic E-state index is 0.325. The zero-order valence-electron chi connectivity index (χ0n) is 10.7. The van der Waals surface area contributed by atoms with Crippen molar-refractivity contribution in [3.05, 3.63) is 36.4 Å². The van der Waals surface area contributed by atoms with Crippen LogP contribution in [0.3, 0.4) is 0 Å². The van der Waals surface area contributed by atoms with E-state index in [-0.39, 0.29) is 5.97 Å². The Morgan fingerprint density at radius 1 is 1.37 bits per heavy atom. The van der Waals surface area contributed by atoms with E-state index in [1.807, 2.05) is 30.3 Å². The topological polar surface area (TPSA) is 47.6 Å². The Morgan fingerprint density at radius 2 is 2.21 bits per heavy atom. The van der Waals surface area contributed by atoms with Crippen molar-refractivity contribution in [3.8, 4) is 5.75 Å². The molecular weight excluding hydrogens is 242 g/mol. The molecule has 1 atom stereocenters. The molecule has 1 aliphatic rings. The molecule has 2 aromatic rings. The highest BCUT2D eigenvalue weighted by molar-refractivity contribution is 5.97. The highest BCUT2D eigenvalue weighted by atomic mass is 16.6. The summed E-state index contributed by atoms with van der Waals surface area (Å²) in [6.07, 6.45) is -0.575. The van der Waals surface area contributed by atoms with Crippen LogP contribution in [-0.2, 0) is 9.53 Å². The molecule has 19 heavy (non-hydrogen) atoms. The molecule has 1 N–H and O–H groups in total. The molecule has 4 nitrogen and oxygen atoms in total. The zero-order valence-corrected chi connectivity index (χ0v) is 10.7. The maximum Gasteiger partial charge on any atom is 0.349 e. The van der Waals surface area contributed by atoms with E-state index >= 15 is 0 Å². The molecule has 0 radical (unpaired) electrons. The number of carbonyl (C=O) groups is 1. The first-order valence-corrected chi connectivity index (χ1v) is 6.38. The number of nitrogens with one attached hydrogen (secondary N) is 1. The number of esters is 1. The molecule has 2 aromatic carbocycles. The highest BCUT2D eigenvalue weighted by Crippen LogP contribution is 2.36. The first-order valence-electron chi connectivity index (χ1n) is 6.38. The number of benzene rings is 2. The Labute approximate surface area is 111 Å². The summed E-state index contributed by atoms with van der Waals surface area (Å²) in [6.45, 7) is 2.58. The average Bonchev–Trinajstić information content (AvgIpc) is 2.46. The lowest BCUT2D eigenvalue weighted by molar-refractivity contribution is -0.150. The minimum Gasteiger partial charge on any atom is -0.475 e. The summed E-state index contributed by atoms with van der Waals surface area (Å²) in [4.78, 5) is 11.7. The largest absolute Gasteiger partial charge is 0.475 e. The molecule has 0 saturated carbocycles. The van der Waals surface area contributed by atoms with Gasteiger partial charge in [-0.25, -0.2) is 4.79 Å². The van der Waals surface area contributed by atoms with Gasteiger partial charge in [0.25, 0.3) is 0 Å². The number of fused-ring (bicyclic) bond motifs is 3. The summed E-state index contributed by atoms with van der Waals surface area (Å²) in [5, 5.41) is 5.51. The van der Waals surface area contributed by atoms with Gasteiger partial charge in [-0.15, -0.1) is 0 Å². The van der Waals surface area contributed by atoms with Crippen LogP contribution >= 0.6 is 0 Å². The fourth-order valence-corrected chi connectivity index (χ4v) is 2.29. The van der Waals surface area contributed by atoms with Gasteiger partial charge >= 0.3 is 5.97 Å². The van der Waals surface area contributed by atoms with Gasteiger partial charge < -0.3 is 14.8 Å². The Kier molecular flexibility index (Phi) is 2.99. The molecule has 0 aromatic heterocycles. The van der Waals surface area contributed by atoms with Gasteiger partial charge in [0.15, 0.2) is 0 Å². The van der Waals surface area contributed by atoms with E-state index < -0.39 is 6.10 Å². The van der Waals surface area contributed by atoms with Crippen LogP contribution in [0.25, 0.3) is 10.8 Å². The molecular formula is C15H15NO3. The predicted octanol–water partition coefficient (Wildman–Crippen LogP) is 2.58. The molecule has 1 heterocycles. The molecule has 0 saturated heterocycles. The van der Waals surface area contributed by atoms with Crippen LogP contribution in [0.5, 0.6) is 5.75 Å². The van der Waals surface area contributed by atoms with Gasteiger partial charge in [-0.05, 0) is 18.4 Å². The van der Waals surface area contributed by atoms with Crippen LogP contribution in [0.4, 0.5) is 5.69 Å². The van der Waals surface area contributed by atoms with Gasteiger partial charge in [0.1, 0.15) is 5.75 Å². The third-order valence-corrected chi connectivity index (χ3v) is 3.17. The van der Waals surface area contributed by atoms with Crippen molar-refractivity contribution in [2.24, 2.45) is 0 Å². The van der Waals surface area contributed by atoms with E-state index in [2.05, 4.69) is 11.4 Å². The number of carbonyl (C=O) groups excluding carboxylic acids is 1. The fourth-order valence-electron chi connectivity index (χ4n) is 2.29. The Bertz CT molecular complexity index is 624. The molecule has 0 aliphatic carbocycles. The molecule has 0 bridgehead atoms. The molecule has 0 fully saturated rings. The van der Waals surface area contributed by atoms with Crippen molar-refractivity contribution in [2.75, 3.05) is 18.5 Å². The lowest BCUT2D eigenvalue weighted by Crippen LogP contribution is -2.39. The van der Waals surface area contributed by atoms with Crippen LogP contribution in [-0.4, -0.2) is 25.2 Å². The van der Waals surface area contributed by atoms with Crippen LogP contribution in [0.1, 0.15) is 6.92 Å². The van der Waals surface area contributed by atoms with Crippen LogP contribution < -0.4 is 10.1 Å². The summed E-state index contributed by atoms with van der Waals surface area (Å²) >= 11 is 0. The summed E-state index contributed by atoms with van der Waals surface area (Å²) in [6, 6.07) is 11.9. The minimum atomic E-state index is -0.575. The molecule has 98 valence electrons. The first kappa shape index (κ1) is 11.8. The van der Waals surface area contributed by atoms with Crippen LogP contribution in [0, 0.1) is 0 Å². The van der Waals surface area contributed by atoms with Gasteiger partial charge in [-0.2, -0.15) is 0 Å². The Balaban J connectivity index is 1.94. The van der Waals surface area contributed by atoms with Crippen molar-refractivity contribution >= 4 is 22.4 Å². The second-order valence-electron chi connectivity index (χ2n) is 4.40. The third kappa shape index (κ3) is 2.10. The quantitative estimate of drug-likeness (QED) is 0.840. The van der Waals surface area contributed by atoms with Crippen molar-refractivity contribution in [1.29, 1.82) is 0 Å². The van der Waals surface area contributed by atoms with Crippen molar-refractivity contribution < 1.29 is 14.3 Å². The molecule has 3 rings (SSSR count). The molecule has 4 heteroatoms. The van der Waals surface area contributed by atoms with Gasteiger partial charge in [0.05, 0.1) is 18.8 Å². The van der Waals surface area contributed by atoms with Crippen molar-refractivity contribution in [2.45, 2.75) is 13.0 Å². The number of ether oxygens (including phenoxy) is 2. The van der Waals surface area contributed by atoms with E-state index in [1.54, 1.807) is 6.92 Å². The van der Waals surface area contributed by atoms with E-state index in [1.165, 1.54) is 0 Å². The number of anilines is 1. The first-order chi connectivity index (χ1) is 9.29.